The van der Waals surface area contributed by atoms with Gasteiger partial charge in [-0.1, -0.05) is 30.3 Å². The molecule has 1 aliphatic heterocycles. The molecule has 0 aromatic heterocycles. The largest absolute Gasteiger partial charge is 0.490 e. The minimum absolute atomic E-state index is 0.0417. The van der Waals surface area contributed by atoms with Gasteiger partial charge in [0, 0.05) is 11.4 Å². The maximum Gasteiger partial charge on any atom is 0.259 e. The van der Waals surface area contributed by atoms with Crippen molar-refractivity contribution in [3.8, 4) is 11.5 Å². The number of carbonyl (C=O) groups is 2. The van der Waals surface area contributed by atoms with Gasteiger partial charge in [0.1, 0.15) is 24.7 Å². The van der Waals surface area contributed by atoms with Crippen molar-refractivity contribution in [2.45, 2.75) is 6.42 Å². The molecular weight excluding hydrogens is 368 g/mol. The highest BCUT2D eigenvalue weighted by Gasteiger charge is 2.19. The fraction of sp³-hybridized carbons (Fsp3) is 0.130. The Morgan fingerprint density at radius 3 is 2.55 bits per heavy atom. The average Bonchev–Trinajstić information content (AvgIpc) is 3.11. The molecule has 146 valence electrons. The monoisotopic (exact) mass is 388 g/mol. The van der Waals surface area contributed by atoms with Crippen molar-refractivity contribution >= 4 is 23.2 Å². The Bertz CT molecular complexity index is 1030. The Morgan fingerprint density at radius 1 is 0.931 bits per heavy atom. The van der Waals surface area contributed by atoms with Crippen molar-refractivity contribution in [3.63, 3.8) is 0 Å². The van der Waals surface area contributed by atoms with Gasteiger partial charge in [-0.15, -0.1) is 0 Å². The third-order valence-electron chi connectivity index (χ3n) is 4.47. The first-order valence-electron chi connectivity index (χ1n) is 9.33. The second-order valence-corrected chi connectivity index (χ2v) is 6.56. The second-order valence-electron chi connectivity index (χ2n) is 6.56. The first-order valence-corrected chi connectivity index (χ1v) is 9.33. The molecular formula is C23H20N2O4. The van der Waals surface area contributed by atoms with E-state index in [1.54, 1.807) is 30.3 Å². The van der Waals surface area contributed by atoms with Gasteiger partial charge in [0.25, 0.3) is 5.91 Å². The number of rotatable bonds is 7. The Kier molecular flexibility index (Phi) is 5.42. The number of anilines is 2. The van der Waals surface area contributed by atoms with Crippen molar-refractivity contribution in [2.24, 2.45) is 0 Å². The van der Waals surface area contributed by atoms with Crippen LogP contribution in [0.2, 0.25) is 0 Å². The molecule has 0 fully saturated rings. The van der Waals surface area contributed by atoms with E-state index in [0.717, 1.165) is 17.0 Å². The van der Waals surface area contributed by atoms with Crippen LogP contribution in [0.3, 0.4) is 0 Å². The molecule has 0 saturated carbocycles. The number of hydrogen-bond donors (Lipinski definition) is 2. The zero-order chi connectivity index (χ0) is 20.1. The lowest BCUT2D eigenvalue weighted by atomic mass is 10.1. The summed E-state index contributed by atoms with van der Waals surface area (Å²) in [5.41, 5.74) is 2.72. The normalized spacial score (nSPS) is 12.1. The lowest BCUT2D eigenvalue weighted by Gasteiger charge is -2.13. The van der Waals surface area contributed by atoms with Crippen LogP contribution < -0.4 is 20.1 Å². The van der Waals surface area contributed by atoms with Crippen molar-refractivity contribution in [3.05, 3.63) is 83.9 Å². The smallest absolute Gasteiger partial charge is 0.259 e. The van der Waals surface area contributed by atoms with Crippen LogP contribution in [0.5, 0.6) is 11.5 Å². The van der Waals surface area contributed by atoms with Crippen LogP contribution in [-0.4, -0.2) is 25.0 Å². The SMILES string of the molecule is O=C1Cc2cc(NC(=O)c3ccccc3OCCOc3ccccc3)ccc2N1. The van der Waals surface area contributed by atoms with Gasteiger partial charge < -0.3 is 20.1 Å². The molecule has 2 N–H and O–H groups in total. The lowest BCUT2D eigenvalue weighted by Crippen LogP contribution is -2.15. The quantitative estimate of drug-likeness (QED) is 0.602. The number of benzene rings is 3. The fourth-order valence-electron chi connectivity index (χ4n) is 3.11. The zero-order valence-electron chi connectivity index (χ0n) is 15.7. The summed E-state index contributed by atoms with van der Waals surface area (Å²) in [5.74, 6) is 0.938. The molecule has 0 spiro atoms. The van der Waals surface area contributed by atoms with E-state index in [1.165, 1.54) is 0 Å². The number of ether oxygens (including phenoxy) is 2. The average molecular weight is 388 g/mol. The molecule has 0 radical (unpaired) electrons. The Hall–Kier alpha value is -3.80. The van der Waals surface area contributed by atoms with E-state index in [-0.39, 0.29) is 11.8 Å². The predicted molar refractivity (Wildman–Crippen MR) is 111 cm³/mol. The summed E-state index contributed by atoms with van der Waals surface area (Å²) in [4.78, 5) is 24.2. The third-order valence-corrected chi connectivity index (χ3v) is 4.47. The lowest BCUT2D eigenvalue weighted by molar-refractivity contribution is -0.115. The minimum Gasteiger partial charge on any atom is -0.490 e. The Morgan fingerprint density at radius 2 is 1.69 bits per heavy atom. The van der Waals surface area contributed by atoms with Gasteiger partial charge >= 0.3 is 0 Å². The molecule has 3 aromatic carbocycles. The Labute approximate surface area is 168 Å². The maximum absolute atomic E-state index is 12.7. The molecule has 0 atom stereocenters. The topological polar surface area (TPSA) is 76.7 Å². The molecule has 1 heterocycles. The number of fused-ring (bicyclic) bond motifs is 1. The van der Waals surface area contributed by atoms with Crippen LogP contribution in [0.25, 0.3) is 0 Å². The highest BCUT2D eigenvalue weighted by Crippen LogP contribution is 2.27. The summed E-state index contributed by atoms with van der Waals surface area (Å²) < 4.78 is 11.4. The summed E-state index contributed by atoms with van der Waals surface area (Å²) in [7, 11) is 0. The van der Waals surface area contributed by atoms with E-state index >= 15 is 0 Å². The highest BCUT2D eigenvalue weighted by atomic mass is 16.5. The summed E-state index contributed by atoms with van der Waals surface area (Å²) in [6, 6.07) is 21.9. The minimum atomic E-state index is -0.276. The van der Waals surface area contributed by atoms with Crippen LogP contribution in [0.4, 0.5) is 11.4 Å². The molecule has 0 unspecified atom stereocenters. The van der Waals surface area contributed by atoms with E-state index in [2.05, 4.69) is 10.6 Å². The molecule has 3 aromatic rings. The summed E-state index contributed by atoms with van der Waals surface area (Å²) in [5, 5.41) is 5.65. The fourth-order valence-corrected chi connectivity index (χ4v) is 3.11. The number of carbonyl (C=O) groups excluding carboxylic acids is 2. The van der Waals surface area contributed by atoms with Crippen LogP contribution in [0, 0.1) is 0 Å². The molecule has 6 nitrogen and oxygen atoms in total. The predicted octanol–water partition coefficient (Wildman–Crippen LogP) is 3.89. The highest BCUT2D eigenvalue weighted by molar-refractivity contribution is 6.07. The van der Waals surface area contributed by atoms with Gasteiger partial charge in [-0.25, -0.2) is 0 Å². The van der Waals surface area contributed by atoms with Gasteiger partial charge in [-0.3, -0.25) is 9.59 Å². The van der Waals surface area contributed by atoms with Crippen molar-refractivity contribution in [1.82, 2.24) is 0 Å². The summed E-state index contributed by atoms with van der Waals surface area (Å²) in [6.07, 6.45) is 0.320. The van der Waals surface area contributed by atoms with E-state index in [4.69, 9.17) is 9.47 Å². The summed E-state index contributed by atoms with van der Waals surface area (Å²) in [6.45, 7) is 0.678. The van der Waals surface area contributed by atoms with Crippen LogP contribution >= 0.6 is 0 Å². The van der Waals surface area contributed by atoms with E-state index < -0.39 is 0 Å². The molecule has 2 amide bonds. The van der Waals surface area contributed by atoms with Gasteiger partial charge in [0.05, 0.1) is 12.0 Å². The first-order chi connectivity index (χ1) is 14.2. The van der Waals surface area contributed by atoms with Crippen LogP contribution in [0.15, 0.2) is 72.8 Å². The molecule has 4 rings (SSSR count). The zero-order valence-corrected chi connectivity index (χ0v) is 15.7. The number of amides is 2. The van der Waals surface area contributed by atoms with Crippen molar-refractivity contribution < 1.29 is 19.1 Å². The van der Waals surface area contributed by atoms with E-state index in [0.29, 0.717) is 36.6 Å². The molecule has 1 aliphatic rings. The molecule has 0 saturated heterocycles. The van der Waals surface area contributed by atoms with E-state index in [1.807, 2.05) is 42.5 Å². The number of hydrogen-bond acceptors (Lipinski definition) is 4. The first kappa shape index (κ1) is 18.6. The van der Waals surface area contributed by atoms with E-state index in [9.17, 15) is 9.59 Å². The van der Waals surface area contributed by atoms with Crippen LogP contribution in [-0.2, 0) is 11.2 Å². The Balaban J connectivity index is 1.38. The molecule has 29 heavy (non-hydrogen) atoms. The standard InChI is InChI=1S/C23H20N2O4/c26-22-15-16-14-17(10-11-20(16)25-22)24-23(27)19-8-4-5-9-21(19)29-13-12-28-18-6-2-1-3-7-18/h1-11,14H,12-13,15H2,(H,24,27)(H,25,26). The van der Waals surface area contributed by atoms with Crippen LogP contribution in [0.1, 0.15) is 15.9 Å². The molecule has 0 aliphatic carbocycles. The molecule has 0 bridgehead atoms. The maximum atomic E-state index is 12.7. The van der Waals surface area contributed by atoms with Gasteiger partial charge in [0.15, 0.2) is 0 Å². The van der Waals surface area contributed by atoms with Crippen molar-refractivity contribution in [2.75, 3.05) is 23.8 Å². The number of nitrogens with one attached hydrogen (secondary N) is 2. The van der Waals surface area contributed by atoms with Gasteiger partial charge in [-0.05, 0) is 48.0 Å². The molecule has 6 heteroatoms. The number of para-hydroxylation sites is 2. The van der Waals surface area contributed by atoms with Gasteiger partial charge in [0.2, 0.25) is 5.91 Å². The van der Waals surface area contributed by atoms with Crippen molar-refractivity contribution in [1.29, 1.82) is 0 Å². The van der Waals surface area contributed by atoms with Gasteiger partial charge in [-0.2, -0.15) is 0 Å². The second kappa shape index (κ2) is 8.48. The summed E-state index contributed by atoms with van der Waals surface area (Å²) >= 11 is 0. The third kappa shape index (κ3) is 4.55.